The van der Waals surface area contributed by atoms with Gasteiger partial charge in [0.25, 0.3) is 0 Å². The summed E-state index contributed by atoms with van der Waals surface area (Å²) in [6.07, 6.45) is 42.9. The fourth-order valence-corrected chi connectivity index (χ4v) is 5.98. The molecule has 0 aromatic carbocycles. The Morgan fingerprint density at radius 2 is 0.900 bits per heavy atom. The van der Waals surface area contributed by atoms with E-state index in [1.165, 1.54) is 103 Å². The van der Waals surface area contributed by atoms with Crippen LogP contribution in [-0.4, -0.2) is 41.0 Å². The average molecular weight is 727 g/mol. The van der Waals surface area contributed by atoms with Crippen molar-refractivity contribution >= 4 is 19.8 Å². The summed E-state index contributed by atoms with van der Waals surface area (Å²) >= 11 is 0. The maximum absolute atomic E-state index is 12.4. The van der Waals surface area contributed by atoms with Crippen molar-refractivity contribution in [3.8, 4) is 0 Å². The number of unbranched alkanes of at least 4 members (excludes halogenated alkanes) is 21. The maximum atomic E-state index is 12.4. The molecule has 8 nitrogen and oxygen atoms in total. The normalized spacial score (nSPS) is 12.8. The summed E-state index contributed by atoms with van der Waals surface area (Å²) in [5.74, 6) is -0.905. The van der Waals surface area contributed by atoms with Gasteiger partial charge in [-0.2, -0.15) is 0 Å². The van der Waals surface area contributed by atoms with Crippen LogP contribution in [0.15, 0.2) is 36.5 Å². The third-order valence-corrected chi connectivity index (χ3v) is 9.15. The Kier molecular flexibility index (Phi) is 35.8. The van der Waals surface area contributed by atoms with Gasteiger partial charge in [0, 0.05) is 12.8 Å². The standard InChI is InChI=1S/C41H75O8P/c1-3-5-7-9-11-13-15-17-19-20-22-24-26-28-30-32-34-36-41(43)49-39(38-48-50(44,45)46)37-47-40(42)35-33-31-29-27-25-23-21-18-16-14-12-10-8-6-4-2/h11,13,17,19,22,24,39H,3-10,12,14-16,18,20-21,23,25-38H2,1-2H3,(H2,44,45,46)/b13-11-,19-17-,24-22-/t39-/m1/s1. The third kappa shape index (κ3) is 39.1. The van der Waals surface area contributed by atoms with Crippen molar-refractivity contribution in [2.45, 2.75) is 200 Å². The molecule has 0 unspecified atom stereocenters. The van der Waals surface area contributed by atoms with E-state index in [9.17, 15) is 14.2 Å². The van der Waals surface area contributed by atoms with Crippen LogP contribution in [0.4, 0.5) is 0 Å². The molecular formula is C41H75O8P. The van der Waals surface area contributed by atoms with Gasteiger partial charge in [0.15, 0.2) is 6.10 Å². The largest absolute Gasteiger partial charge is 0.469 e. The molecule has 1 atom stereocenters. The van der Waals surface area contributed by atoms with Gasteiger partial charge < -0.3 is 19.3 Å². The molecule has 0 aliphatic rings. The number of phosphoric ester groups is 1. The Balaban J connectivity index is 3.97. The number of carbonyl (C=O) groups is 2. The molecule has 0 fully saturated rings. The fraction of sp³-hybridized carbons (Fsp3) is 0.805. The fourth-order valence-electron chi connectivity index (χ4n) is 5.61. The Bertz CT molecular complexity index is 910. The molecular weight excluding hydrogens is 651 g/mol. The topological polar surface area (TPSA) is 119 Å². The first-order valence-corrected chi connectivity index (χ1v) is 21.8. The number of phosphoric acid groups is 1. The van der Waals surface area contributed by atoms with Gasteiger partial charge in [0.05, 0.1) is 6.61 Å². The van der Waals surface area contributed by atoms with Gasteiger partial charge in [-0.05, 0) is 51.4 Å². The molecule has 0 spiro atoms. The molecule has 292 valence electrons. The molecule has 50 heavy (non-hydrogen) atoms. The number of hydrogen-bond donors (Lipinski definition) is 2. The highest BCUT2D eigenvalue weighted by atomic mass is 31.2. The van der Waals surface area contributed by atoms with Crippen LogP contribution in [0.1, 0.15) is 194 Å². The number of hydrogen-bond acceptors (Lipinski definition) is 6. The highest BCUT2D eigenvalue weighted by Crippen LogP contribution is 2.36. The lowest BCUT2D eigenvalue weighted by Crippen LogP contribution is -2.29. The maximum Gasteiger partial charge on any atom is 0.469 e. The second-order valence-corrected chi connectivity index (χ2v) is 14.9. The zero-order valence-corrected chi connectivity index (χ0v) is 32.9. The molecule has 0 rings (SSSR count). The molecule has 9 heteroatoms. The van der Waals surface area contributed by atoms with Crippen LogP contribution in [0.2, 0.25) is 0 Å². The van der Waals surface area contributed by atoms with E-state index in [4.69, 9.17) is 19.3 Å². The first-order valence-electron chi connectivity index (χ1n) is 20.3. The lowest BCUT2D eigenvalue weighted by atomic mass is 10.0. The van der Waals surface area contributed by atoms with Gasteiger partial charge in [0.1, 0.15) is 6.61 Å². The monoisotopic (exact) mass is 727 g/mol. The highest BCUT2D eigenvalue weighted by Gasteiger charge is 2.22. The van der Waals surface area contributed by atoms with Crippen LogP contribution >= 0.6 is 7.82 Å². The Morgan fingerprint density at radius 3 is 1.38 bits per heavy atom. The first kappa shape index (κ1) is 48.3. The van der Waals surface area contributed by atoms with E-state index in [0.717, 1.165) is 57.8 Å². The van der Waals surface area contributed by atoms with E-state index in [2.05, 4.69) is 54.8 Å². The molecule has 0 aliphatic heterocycles. The van der Waals surface area contributed by atoms with E-state index < -0.39 is 32.5 Å². The molecule has 0 aromatic heterocycles. The van der Waals surface area contributed by atoms with Gasteiger partial charge in [0.2, 0.25) is 0 Å². The van der Waals surface area contributed by atoms with E-state index in [1.54, 1.807) is 0 Å². The number of esters is 2. The van der Waals surface area contributed by atoms with Gasteiger partial charge in [-0.25, -0.2) is 4.57 Å². The minimum absolute atomic E-state index is 0.188. The molecule has 0 aliphatic carbocycles. The van der Waals surface area contributed by atoms with Crippen molar-refractivity contribution in [2.75, 3.05) is 13.2 Å². The van der Waals surface area contributed by atoms with E-state index in [-0.39, 0.29) is 19.4 Å². The smallest absolute Gasteiger partial charge is 0.462 e. The van der Waals surface area contributed by atoms with E-state index >= 15 is 0 Å². The summed E-state index contributed by atoms with van der Waals surface area (Å²) in [5, 5.41) is 0. The van der Waals surface area contributed by atoms with E-state index in [1.807, 2.05) is 0 Å². The van der Waals surface area contributed by atoms with Gasteiger partial charge in [-0.1, -0.05) is 166 Å². The van der Waals surface area contributed by atoms with Crippen molar-refractivity contribution in [3.05, 3.63) is 36.5 Å². The van der Waals surface area contributed by atoms with Crippen molar-refractivity contribution in [2.24, 2.45) is 0 Å². The SMILES string of the molecule is CCCCC/C=C\C/C=C\C/C=C\CCCCCCC(=O)O[C@H](COC(=O)CCCCCCCCCCCCCCCCC)COP(=O)(O)O. The van der Waals surface area contributed by atoms with Crippen molar-refractivity contribution in [3.63, 3.8) is 0 Å². The molecule has 0 aromatic rings. The van der Waals surface area contributed by atoms with Crippen LogP contribution in [0.5, 0.6) is 0 Å². The minimum atomic E-state index is -4.76. The number of ether oxygens (including phenoxy) is 2. The van der Waals surface area contributed by atoms with E-state index in [0.29, 0.717) is 6.42 Å². The Hall–Kier alpha value is -1.73. The predicted molar refractivity (Wildman–Crippen MR) is 207 cm³/mol. The minimum Gasteiger partial charge on any atom is -0.462 e. The zero-order chi connectivity index (χ0) is 36.8. The van der Waals surface area contributed by atoms with Crippen molar-refractivity contribution in [1.82, 2.24) is 0 Å². The highest BCUT2D eigenvalue weighted by molar-refractivity contribution is 7.46. The molecule has 0 radical (unpaired) electrons. The molecule has 0 saturated carbocycles. The second-order valence-electron chi connectivity index (χ2n) is 13.6. The Morgan fingerprint density at radius 1 is 0.520 bits per heavy atom. The van der Waals surface area contributed by atoms with Crippen LogP contribution in [0.3, 0.4) is 0 Å². The lowest BCUT2D eigenvalue weighted by molar-refractivity contribution is -0.161. The summed E-state index contributed by atoms with van der Waals surface area (Å²) in [6.45, 7) is 3.64. The van der Waals surface area contributed by atoms with Gasteiger partial charge in [-0.15, -0.1) is 0 Å². The summed E-state index contributed by atoms with van der Waals surface area (Å²) in [6, 6.07) is 0. The number of rotatable bonds is 37. The van der Waals surface area contributed by atoms with Crippen LogP contribution < -0.4 is 0 Å². The zero-order valence-electron chi connectivity index (χ0n) is 32.0. The van der Waals surface area contributed by atoms with Crippen molar-refractivity contribution in [1.29, 1.82) is 0 Å². The van der Waals surface area contributed by atoms with Crippen LogP contribution in [-0.2, 0) is 28.2 Å². The quantitative estimate of drug-likeness (QED) is 0.0281. The molecule has 0 heterocycles. The average Bonchev–Trinajstić information content (AvgIpc) is 3.08. The lowest BCUT2D eigenvalue weighted by Gasteiger charge is -2.18. The second kappa shape index (κ2) is 37.0. The molecule has 0 amide bonds. The Labute approximate surface area is 306 Å². The summed E-state index contributed by atoms with van der Waals surface area (Å²) in [5.41, 5.74) is 0. The third-order valence-electron chi connectivity index (χ3n) is 8.66. The summed E-state index contributed by atoms with van der Waals surface area (Å²) in [7, 11) is -4.76. The summed E-state index contributed by atoms with van der Waals surface area (Å²) in [4.78, 5) is 42.8. The first-order chi connectivity index (χ1) is 24.3. The van der Waals surface area contributed by atoms with Crippen LogP contribution in [0, 0.1) is 0 Å². The molecule has 0 bridgehead atoms. The van der Waals surface area contributed by atoms with Gasteiger partial charge >= 0.3 is 19.8 Å². The van der Waals surface area contributed by atoms with Crippen LogP contribution in [0.25, 0.3) is 0 Å². The number of carbonyl (C=O) groups excluding carboxylic acids is 2. The molecule has 2 N–H and O–H groups in total. The molecule has 0 saturated heterocycles. The number of allylic oxidation sites excluding steroid dienone is 6. The van der Waals surface area contributed by atoms with Gasteiger partial charge in [-0.3, -0.25) is 14.1 Å². The predicted octanol–water partition coefficient (Wildman–Crippen LogP) is 12.2. The summed E-state index contributed by atoms with van der Waals surface area (Å²) < 4.78 is 26.3. The van der Waals surface area contributed by atoms with Crippen molar-refractivity contribution < 1.29 is 37.9 Å².